The second kappa shape index (κ2) is 5.35. The molecule has 0 radical (unpaired) electrons. The van der Waals surface area contributed by atoms with Gasteiger partial charge in [0.1, 0.15) is 0 Å². The van der Waals surface area contributed by atoms with Crippen LogP contribution in [0.1, 0.15) is 72.1 Å². The van der Waals surface area contributed by atoms with Crippen LogP contribution in [0.2, 0.25) is 0 Å². The van der Waals surface area contributed by atoms with Gasteiger partial charge in [0, 0.05) is 12.0 Å². The number of carbonyl (C=O) groups is 1. The summed E-state index contributed by atoms with van der Waals surface area (Å²) < 4.78 is 0. The van der Waals surface area contributed by atoms with Crippen LogP contribution < -0.4 is 5.32 Å². The average Bonchev–Trinajstić information content (AvgIpc) is 2.37. The molecule has 4 fully saturated rings. The number of nitrogens with one attached hydrogen (secondary N) is 1. The summed E-state index contributed by atoms with van der Waals surface area (Å²) in [6.07, 6.45) is 10.7. The van der Waals surface area contributed by atoms with Crippen molar-refractivity contribution in [1.29, 1.82) is 0 Å². The third-order valence-electron chi connectivity index (χ3n) is 6.53. The van der Waals surface area contributed by atoms with Crippen LogP contribution in [-0.2, 0) is 4.79 Å². The molecule has 2 atom stereocenters. The second-order valence-corrected chi connectivity index (χ2v) is 8.20. The van der Waals surface area contributed by atoms with E-state index in [9.17, 15) is 4.79 Å². The lowest BCUT2D eigenvalue weighted by Gasteiger charge is -2.59. The maximum Gasteiger partial charge on any atom is 0.223 e. The van der Waals surface area contributed by atoms with Crippen molar-refractivity contribution in [2.24, 2.45) is 29.1 Å². The number of amides is 1. The molecule has 4 saturated carbocycles. The summed E-state index contributed by atoms with van der Waals surface area (Å²) in [4.78, 5) is 12.3. The summed E-state index contributed by atoms with van der Waals surface area (Å²) in [5.74, 6) is 3.36. The van der Waals surface area contributed by atoms with Gasteiger partial charge in [-0.2, -0.15) is 0 Å². The molecule has 114 valence electrons. The van der Waals surface area contributed by atoms with Gasteiger partial charge in [-0.3, -0.25) is 4.79 Å². The first-order chi connectivity index (χ1) is 9.52. The zero-order chi connectivity index (χ0) is 14.3. The standard InChI is InChI=1S/C18H31NO/c1-4-5-12(2)17(20)19-13(3)18-9-14-6-15(10-18)8-16(7-14)11-18/h12-16H,4-11H2,1-3H3,(H,19,20). The van der Waals surface area contributed by atoms with Crippen molar-refractivity contribution in [2.45, 2.75) is 78.2 Å². The highest BCUT2D eigenvalue weighted by Crippen LogP contribution is 2.61. The maximum atomic E-state index is 12.3. The predicted molar refractivity (Wildman–Crippen MR) is 82.3 cm³/mol. The fourth-order valence-corrected chi connectivity index (χ4v) is 5.78. The Bertz CT molecular complexity index is 340. The zero-order valence-electron chi connectivity index (χ0n) is 13.5. The van der Waals surface area contributed by atoms with Crippen molar-refractivity contribution in [3.8, 4) is 0 Å². The molecule has 4 aliphatic carbocycles. The molecule has 4 aliphatic rings. The van der Waals surface area contributed by atoms with Crippen LogP contribution >= 0.6 is 0 Å². The van der Waals surface area contributed by atoms with Crippen LogP contribution in [0.15, 0.2) is 0 Å². The predicted octanol–water partition coefficient (Wildman–Crippen LogP) is 4.14. The summed E-state index contributed by atoms with van der Waals surface area (Å²) in [6, 6.07) is 0.378. The molecule has 4 rings (SSSR count). The van der Waals surface area contributed by atoms with E-state index < -0.39 is 0 Å². The third kappa shape index (κ3) is 2.51. The van der Waals surface area contributed by atoms with Crippen molar-refractivity contribution in [3.63, 3.8) is 0 Å². The molecule has 4 bridgehead atoms. The van der Waals surface area contributed by atoms with Crippen molar-refractivity contribution in [1.82, 2.24) is 5.32 Å². The fraction of sp³-hybridized carbons (Fsp3) is 0.944. The highest BCUT2D eigenvalue weighted by molar-refractivity contribution is 5.78. The molecule has 0 aromatic carbocycles. The number of carbonyl (C=O) groups excluding carboxylic acids is 1. The molecule has 2 heteroatoms. The molecule has 0 aromatic heterocycles. The second-order valence-electron chi connectivity index (χ2n) is 8.20. The third-order valence-corrected chi connectivity index (χ3v) is 6.53. The average molecular weight is 277 g/mol. The number of hydrogen-bond donors (Lipinski definition) is 1. The first-order valence-corrected chi connectivity index (χ1v) is 8.83. The van der Waals surface area contributed by atoms with Crippen LogP contribution in [0.3, 0.4) is 0 Å². The zero-order valence-corrected chi connectivity index (χ0v) is 13.5. The van der Waals surface area contributed by atoms with Crippen LogP contribution in [-0.4, -0.2) is 11.9 Å². The lowest BCUT2D eigenvalue weighted by Crippen LogP contribution is -2.56. The SMILES string of the molecule is CCCC(C)C(=O)NC(C)C12CC3CC(CC(C3)C1)C2. The first kappa shape index (κ1) is 14.4. The molecule has 0 spiro atoms. The highest BCUT2D eigenvalue weighted by Gasteiger charge is 2.53. The van der Waals surface area contributed by atoms with Gasteiger partial charge in [-0.05, 0) is 75.0 Å². The summed E-state index contributed by atoms with van der Waals surface area (Å²) in [6.45, 7) is 6.52. The molecule has 2 nitrogen and oxygen atoms in total. The maximum absolute atomic E-state index is 12.3. The largest absolute Gasteiger partial charge is 0.353 e. The van der Waals surface area contributed by atoms with E-state index in [-0.39, 0.29) is 11.8 Å². The molecule has 0 aliphatic heterocycles. The molecular weight excluding hydrogens is 246 g/mol. The van der Waals surface area contributed by atoms with Crippen molar-refractivity contribution >= 4 is 5.91 Å². The Hall–Kier alpha value is -0.530. The fourth-order valence-electron chi connectivity index (χ4n) is 5.78. The quantitative estimate of drug-likeness (QED) is 0.804. The molecular formula is C18H31NO. The van der Waals surface area contributed by atoms with Gasteiger partial charge in [0.15, 0.2) is 0 Å². The minimum Gasteiger partial charge on any atom is -0.353 e. The Morgan fingerprint density at radius 1 is 1.10 bits per heavy atom. The summed E-state index contributed by atoms with van der Waals surface area (Å²) >= 11 is 0. The molecule has 1 N–H and O–H groups in total. The summed E-state index contributed by atoms with van der Waals surface area (Å²) in [5, 5.41) is 3.38. The lowest BCUT2D eigenvalue weighted by atomic mass is 9.48. The lowest BCUT2D eigenvalue weighted by molar-refractivity contribution is -0.129. The van der Waals surface area contributed by atoms with E-state index in [2.05, 4.69) is 26.1 Å². The minimum absolute atomic E-state index is 0.177. The van der Waals surface area contributed by atoms with Crippen LogP contribution in [0.4, 0.5) is 0 Å². The molecule has 0 saturated heterocycles. The van der Waals surface area contributed by atoms with E-state index in [0.29, 0.717) is 11.5 Å². The van der Waals surface area contributed by atoms with Crippen molar-refractivity contribution in [3.05, 3.63) is 0 Å². The normalized spacial score (nSPS) is 41.5. The Balaban J connectivity index is 1.65. The smallest absolute Gasteiger partial charge is 0.223 e. The number of rotatable bonds is 5. The van der Waals surface area contributed by atoms with Gasteiger partial charge in [-0.25, -0.2) is 0 Å². The number of hydrogen-bond acceptors (Lipinski definition) is 1. The Labute approximate surface area is 124 Å². The van der Waals surface area contributed by atoms with Gasteiger partial charge < -0.3 is 5.32 Å². The monoisotopic (exact) mass is 277 g/mol. The molecule has 0 heterocycles. The van der Waals surface area contributed by atoms with Crippen LogP contribution in [0.25, 0.3) is 0 Å². The van der Waals surface area contributed by atoms with Gasteiger partial charge in [-0.1, -0.05) is 20.3 Å². The Morgan fingerprint density at radius 2 is 1.60 bits per heavy atom. The molecule has 20 heavy (non-hydrogen) atoms. The van der Waals surface area contributed by atoms with Gasteiger partial charge in [0.25, 0.3) is 0 Å². The van der Waals surface area contributed by atoms with E-state index >= 15 is 0 Å². The summed E-state index contributed by atoms with van der Waals surface area (Å²) in [7, 11) is 0. The Morgan fingerprint density at radius 3 is 2.05 bits per heavy atom. The van der Waals surface area contributed by atoms with E-state index in [0.717, 1.165) is 30.6 Å². The van der Waals surface area contributed by atoms with E-state index in [1.807, 2.05) is 0 Å². The van der Waals surface area contributed by atoms with E-state index in [1.165, 1.54) is 38.5 Å². The van der Waals surface area contributed by atoms with Gasteiger partial charge in [0.2, 0.25) is 5.91 Å². The minimum atomic E-state index is 0.177. The van der Waals surface area contributed by atoms with Crippen LogP contribution in [0.5, 0.6) is 0 Å². The van der Waals surface area contributed by atoms with Crippen molar-refractivity contribution in [2.75, 3.05) is 0 Å². The van der Waals surface area contributed by atoms with Gasteiger partial charge in [-0.15, -0.1) is 0 Å². The van der Waals surface area contributed by atoms with E-state index in [4.69, 9.17) is 0 Å². The molecule has 0 aromatic rings. The highest BCUT2D eigenvalue weighted by atomic mass is 16.1. The Kier molecular flexibility index (Phi) is 3.85. The summed E-state index contributed by atoms with van der Waals surface area (Å²) in [5.41, 5.74) is 0.441. The molecule has 1 amide bonds. The van der Waals surface area contributed by atoms with E-state index in [1.54, 1.807) is 0 Å². The van der Waals surface area contributed by atoms with Gasteiger partial charge >= 0.3 is 0 Å². The first-order valence-electron chi connectivity index (χ1n) is 8.83. The van der Waals surface area contributed by atoms with Gasteiger partial charge in [0.05, 0.1) is 0 Å². The topological polar surface area (TPSA) is 29.1 Å². The molecule has 2 unspecified atom stereocenters. The van der Waals surface area contributed by atoms with Crippen LogP contribution in [0, 0.1) is 29.1 Å². The van der Waals surface area contributed by atoms with Crippen molar-refractivity contribution < 1.29 is 4.79 Å².